The number of rotatable bonds is 13. The summed E-state index contributed by atoms with van der Waals surface area (Å²) in [5.74, 6) is -2.17. The first-order valence-corrected chi connectivity index (χ1v) is 13.9. The van der Waals surface area contributed by atoms with Gasteiger partial charge in [0.2, 0.25) is 10.0 Å². The van der Waals surface area contributed by atoms with Crippen LogP contribution < -0.4 is 5.73 Å². The van der Waals surface area contributed by atoms with Crippen molar-refractivity contribution in [2.24, 2.45) is 17.6 Å². The number of hydrogen-bond donors (Lipinski definition) is 2. The molecule has 0 aliphatic carbocycles. The molecule has 3 aromatic carbocycles. The molecule has 39 heavy (non-hydrogen) atoms. The highest BCUT2D eigenvalue weighted by atomic mass is 32.2. The second-order valence-corrected chi connectivity index (χ2v) is 11.5. The molecule has 0 aliphatic heterocycles. The van der Waals surface area contributed by atoms with Crippen LogP contribution in [0.3, 0.4) is 0 Å². The summed E-state index contributed by atoms with van der Waals surface area (Å²) in [6, 6.07) is 21.3. The quantitative estimate of drug-likeness (QED) is 0.184. The van der Waals surface area contributed by atoms with Gasteiger partial charge in [0, 0.05) is 31.3 Å². The largest absolute Gasteiger partial charge is 0.460 e. The predicted molar refractivity (Wildman–Crippen MR) is 146 cm³/mol. The fraction of sp³-hybridized carbons (Fsp3) is 0.321. The lowest BCUT2D eigenvalue weighted by Gasteiger charge is -2.32. The van der Waals surface area contributed by atoms with Crippen LogP contribution >= 0.6 is 0 Å². The SMILES string of the molecule is CC(C)CN(CC(O)C(C(=O)OCc1ccccc1)C(N)c1ccccc1)S(=O)(=O)c1ccc([N+](=O)[O-])cc1. The van der Waals surface area contributed by atoms with Crippen LogP contribution in [0.25, 0.3) is 0 Å². The number of carbonyl (C=O) groups is 1. The molecule has 3 atom stereocenters. The number of nitro groups is 1. The summed E-state index contributed by atoms with van der Waals surface area (Å²) in [6.07, 6.45) is -1.52. The lowest BCUT2D eigenvalue weighted by Crippen LogP contribution is -2.47. The topological polar surface area (TPSA) is 153 Å². The standard InChI is InChI=1S/C28H33N3O7S/c1-20(2)17-30(39(36,37)24-15-13-23(14-16-24)31(34)35)18-25(32)26(27(29)22-11-7-4-8-12-22)28(33)38-19-21-9-5-3-6-10-21/h3-16,20,25-27,32H,17-19,29H2,1-2H3. The number of sulfonamides is 1. The number of benzene rings is 3. The summed E-state index contributed by atoms with van der Waals surface area (Å²) in [5.41, 5.74) is 7.53. The van der Waals surface area contributed by atoms with Crippen LogP contribution in [-0.4, -0.2) is 47.9 Å². The van der Waals surface area contributed by atoms with Gasteiger partial charge in [-0.3, -0.25) is 14.9 Å². The van der Waals surface area contributed by atoms with Gasteiger partial charge in [-0.2, -0.15) is 4.31 Å². The van der Waals surface area contributed by atoms with Crippen LogP contribution in [0.2, 0.25) is 0 Å². The number of aliphatic hydroxyl groups excluding tert-OH is 1. The Hall–Kier alpha value is -3.64. The molecule has 10 nitrogen and oxygen atoms in total. The second-order valence-electron chi connectivity index (χ2n) is 9.59. The lowest BCUT2D eigenvalue weighted by atomic mass is 9.89. The lowest BCUT2D eigenvalue weighted by molar-refractivity contribution is -0.384. The third-order valence-corrected chi connectivity index (χ3v) is 7.97. The molecule has 0 radical (unpaired) electrons. The van der Waals surface area contributed by atoms with Gasteiger partial charge in [0.05, 0.1) is 15.9 Å². The minimum absolute atomic E-state index is 0.0305. The van der Waals surface area contributed by atoms with Crippen LogP contribution in [-0.2, 0) is 26.2 Å². The summed E-state index contributed by atoms with van der Waals surface area (Å²) >= 11 is 0. The maximum absolute atomic E-state index is 13.5. The zero-order valence-corrected chi connectivity index (χ0v) is 22.6. The maximum Gasteiger partial charge on any atom is 0.313 e. The molecule has 0 spiro atoms. The van der Waals surface area contributed by atoms with E-state index in [2.05, 4.69) is 0 Å². The second kappa shape index (κ2) is 13.4. The van der Waals surface area contributed by atoms with Crippen LogP contribution in [0.15, 0.2) is 89.8 Å². The van der Waals surface area contributed by atoms with Crippen molar-refractivity contribution < 1.29 is 28.0 Å². The molecule has 3 rings (SSSR count). The first-order valence-electron chi connectivity index (χ1n) is 12.4. The first kappa shape index (κ1) is 29.9. The Bertz CT molecular complexity index is 1330. The van der Waals surface area contributed by atoms with Crippen molar-refractivity contribution >= 4 is 21.7 Å². The van der Waals surface area contributed by atoms with E-state index >= 15 is 0 Å². The minimum Gasteiger partial charge on any atom is -0.460 e. The summed E-state index contributed by atoms with van der Waals surface area (Å²) in [4.78, 5) is 23.5. The molecule has 208 valence electrons. The van der Waals surface area contributed by atoms with Crippen LogP contribution in [0.5, 0.6) is 0 Å². The van der Waals surface area contributed by atoms with Gasteiger partial charge >= 0.3 is 5.97 Å². The average Bonchev–Trinajstić information content (AvgIpc) is 2.92. The summed E-state index contributed by atoms with van der Waals surface area (Å²) in [5, 5.41) is 22.3. The van der Waals surface area contributed by atoms with Crippen LogP contribution in [0.4, 0.5) is 5.69 Å². The molecule has 0 aromatic heterocycles. The number of carbonyl (C=O) groups excluding carboxylic acids is 1. The maximum atomic E-state index is 13.5. The first-order chi connectivity index (χ1) is 18.5. The Morgan fingerprint density at radius 1 is 0.974 bits per heavy atom. The molecule has 0 aliphatic rings. The van der Waals surface area contributed by atoms with Gasteiger partial charge in [-0.15, -0.1) is 0 Å². The van der Waals surface area contributed by atoms with E-state index in [1.807, 2.05) is 19.9 Å². The number of ether oxygens (including phenoxy) is 1. The Morgan fingerprint density at radius 3 is 2.08 bits per heavy atom. The van der Waals surface area contributed by atoms with Gasteiger partial charge in [0.1, 0.15) is 12.5 Å². The molecule has 0 bridgehead atoms. The number of esters is 1. The summed E-state index contributed by atoms with van der Waals surface area (Å²) in [7, 11) is -4.18. The minimum atomic E-state index is -4.18. The average molecular weight is 556 g/mol. The molecule has 3 aromatic rings. The molecule has 0 saturated heterocycles. The Balaban J connectivity index is 1.90. The molecular weight excluding hydrogens is 522 g/mol. The molecular formula is C28H33N3O7S. The van der Waals surface area contributed by atoms with Crippen molar-refractivity contribution in [1.29, 1.82) is 0 Å². The number of non-ortho nitro benzene ring substituents is 1. The van der Waals surface area contributed by atoms with E-state index in [0.29, 0.717) is 5.56 Å². The molecule has 0 saturated carbocycles. The Morgan fingerprint density at radius 2 is 1.54 bits per heavy atom. The molecule has 3 unspecified atom stereocenters. The zero-order chi connectivity index (χ0) is 28.6. The number of nitrogens with zero attached hydrogens (tertiary/aromatic N) is 2. The number of aliphatic hydroxyl groups is 1. The van der Waals surface area contributed by atoms with Crippen molar-refractivity contribution in [1.82, 2.24) is 4.31 Å². The summed E-state index contributed by atoms with van der Waals surface area (Å²) < 4.78 is 33.6. The van der Waals surface area contributed by atoms with Crippen LogP contribution in [0, 0.1) is 22.0 Å². The van der Waals surface area contributed by atoms with E-state index in [1.54, 1.807) is 54.6 Å². The van der Waals surface area contributed by atoms with Gasteiger partial charge in [-0.1, -0.05) is 74.5 Å². The van der Waals surface area contributed by atoms with Crippen molar-refractivity contribution in [2.45, 2.75) is 37.5 Å². The third kappa shape index (κ3) is 7.93. The van der Waals surface area contributed by atoms with E-state index < -0.39 is 45.5 Å². The van der Waals surface area contributed by atoms with Crippen molar-refractivity contribution in [3.63, 3.8) is 0 Å². The Kier molecular flexibility index (Phi) is 10.3. The highest BCUT2D eigenvalue weighted by Crippen LogP contribution is 2.27. The van der Waals surface area contributed by atoms with E-state index in [4.69, 9.17) is 10.5 Å². The monoisotopic (exact) mass is 555 g/mol. The number of hydrogen-bond acceptors (Lipinski definition) is 8. The highest BCUT2D eigenvalue weighted by Gasteiger charge is 2.38. The Labute approximate surface area is 228 Å². The van der Waals surface area contributed by atoms with Gasteiger partial charge in [0.15, 0.2) is 0 Å². The third-order valence-electron chi connectivity index (χ3n) is 6.13. The number of nitro benzene ring substituents is 1. The van der Waals surface area contributed by atoms with Crippen LogP contribution in [0.1, 0.15) is 31.0 Å². The molecule has 0 fully saturated rings. The van der Waals surface area contributed by atoms with Crippen molar-refractivity contribution in [3.05, 3.63) is 106 Å². The normalized spacial score (nSPS) is 14.1. The predicted octanol–water partition coefficient (Wildman–Crippen LogP) is 3.66. The highest BCUT2D eigenvalue weighted by molar-refractivity contribution is 7.89. The zero-order valence-electron chi connectivity index (χ0n) is 21.8. The van der Waals surface area contributed by atoms with Crippen molar-refractivity contribution in [3.8, 4) is 0 Å². The number of nitrogens with two attached hydrogens (primary N) is 1. The van der Waals surface area contributed by atoms with Gasteiger partial charge in [-0.05, 0) is 29.2 Å². The van der Waals surface area contributed by atoms with E-state index in [9.17, 15) is 28.4 Å². The smallest absolute Gasteiger partial charge is 0.313 e. The van der Waals surface area contributed by atoms with E-state index in [1.165, 1.54) is 0 Å². The summed E-state index contributed by atoms with van der Waals surface area (Å²) in [6.45, 7) is 3.17. The molecule has 3 N–H and O–H groups in total. The van der Waals surface area contributed by atoms with E-state index in [0.717, 1.165) is 34.1 Å². The fourth-order valence-electron chi connectivity index (χ4n) is 4.14. The van der Waals surface area contributed by atoms with Gasteiger partial charge in [0.25, 0.3) is 5.69 Å². The van der Waals surface area contributed by atoms with Gasteiger partial charge in [-0.25, -0.2) is 8.42 Å². The molecule has 0 amide bonds. The van der Waals surface area contributed by atoms with Gasteiger partial charge < -0.3 is 15.6 Å². The fourth-order valence-corrected chi connectivity index (χ4v) is 5.76. The molecule has 11 heteroatoms. The molecule has 0 heterocycles. The van der Waals surface area contributed by atoms with E-state index in [-0.39, 0.29) is 29.7 Å². The van der Waals surface area contributed by atoms with Crippen molar-refractivity contribution in [2.75, 3.05) is 13.1 Å².